The van der Waals surface area contributed by atoms with E-state index in [1.807, 2.05) is 0 Å². The van der Waals surface area contributed by atoms with Crippen LogP contribution < -0.4 is 5.32 Å². The Hall–Kier alpha value is -2.75. The van der Waals surface area contributed by atoms with Crippen LogP contribution in [0.5, 0.6) is 0 Å². The number of nitrogens with one attached hydrogen (secondary N) is 1. The normalized spacial score (nSPS) is 17.5. The fraction of sp³-hybridized carbons (Fsp3) is 0.417. The first-order valence-corrected chi connectivity index (χ1v) is 12.7. The molecule has 2 aromatic carbocycles. The molecule has 0 saturated carbocycles. The minimum Gasteiger partial charge on any atom is -0.378 e. The highest BCUT2D eigenvalue weighted by Gasteiger charge is 2.28. The molecule has 0 aliphatic carbocycles. The summed E-state index contributed by atoms with van der Waals surface area (Å²) in [7, 11) is -3.68. The van der Waals surface area contributed by atoms with E-state index in [-0.39, 0.29) is 16.4 Å². The van der Waals surface area contributed by atoms with Crippen molar-refractivity contribution in [1.82, 2.24) is 9.21 Å². The molecule has 2 saturated heterocycles. The summed E-state index contributed by atoms with van der Waals surface area (Å²) in [6.07, 6.45) is 2.70. The van der Waals surface area contributed by atoms with Gasteiger partial charge in [0.1, 0.15) is 0 Å². The highest BCUT2D eigenvalue weighted by molar-refractivity contribution is 7.89. The van der Waals surface area contributed by atoms with Crippen LogP contribution in [0.15, 0.2) is 47.4 Å². The van der Waals surface area contributed by atoms with Gasteiger partial charge in [0.2, 0.25) is 10.0 Å². The van der Waals surface area contributed by atoms with Gasteiger partial charge in [-0.25, -0.2) is 8.42 Å². The molecule has 33 heavy (non-hydrogen) atoms. The second-order valence-corrected chi connectivity index (χ2v) is 10.3. The van der Waals surface area contributed by atoms with Crippen LogP contribution in [-0.2, 0) is 14.8 Å². The Bertz CT molecular complexity index is 1140. The van der Waals surface area contributed by atoms with E-state index in [0.29, 0.717) is 56.2 Å². The van der Waals surface area contributed by atoms with Gasteiger partial charge in [-0.15, -0.1) is 0 Å². The van der Waals surface area contributed by atoms with Gasteiger partial charge in [-0.1, -0.05) is 24.6 Å². The van der Waals surface area contributed by atoms with E-state index >= 15 is 0 Å². The second kappa shape index (κ2) is 10.0. The first-order valence-electron chi connectivity index (χ1n) is 11.3. The molecule has 2 amide bonds. The molecule has 2 heterocycles. The van der Waals surface area contributed by atoms with Crippen LogP contribution >= 0.6 is 0 Å². The number of amides is 2. The number of anilines is 1. The predicted molar refractivity (Wildman–Crippen MR) is 125 cm³/mol. The Morgan fingerprint density at radius 3 is 2.36 bits per heavy atom. The van der Waals surface area contributed by atoms with Crippen LogP contribution in [0.25, 0.3) is 0 Å². The van der Waals surface area contributed by atoms with Crippen LogP contribution in [0.2, 0.25) is 0 Å². The number of piperidine rings is 1. The number of ether oxygens (including phenoxy) is 1. The average molecular weight is 472 g/mol. The Kier molecular flexibility index (Phi) is 7.11. The third-order valence-corrected chi connectivity index (χ3v) is 8.13. The van der Waals surface area contributed by atoms with E-state index in [1.165, 1.54) is 10.4 Å². The topological polar surface area (TPSA) is 96.0 Å². The third kappa shape index (κ3) is 5.10. The summed E-state index contributed by atoms with van der Waals surface area (Å²) in [5, 5.41) is 2.80. The molecule has 2 aliphatic rings. The molecule has 2 fully saturated rings. The van der Waals surface area contributed by atoms with Gasteiger partial charge in [0.25, 0.3) is 11.8 Å². The van der Waals surface area contributed by atoms with E-state index in [0.717, 1.165) is 19.3 Å². The Balaban J connectivity index is 1.58. The molecule has 0 bridgehead atoms. The van der Waals surface area contributed by atoms with Crippen molar-refractivity contribution in [2.75, 3.05) is 44.7 Å². The number of carbonyl (C=O) groups excluding carboxylic acids is 2. The molecule has 0 atom stereocenters. The lowest BCUT2D eigenvalue weighted by atomic mass is 10.1. The second-order valence-electron chi connectivity index (χ2n) is 8.35. The van der Waals surface area contributed by atoms with Gasteiger partial charge >= 0.3 is 0 Å². The maximum absolute atomic E-state index is 13.2. The van der Waals surface area contributed by atoms with E-state index in [4.69, 9.17) is 4.74 Å². The first kappa shape index (κ1) is 23.4. The summed E-state index contributed by atoms with van der Waals surface area (Å²) in [5.41, 5.74) is 1.60. The molecule has 0 unspecified atom stereocenters. The van der Waals surface area contributed by atoms with Crippen molar-refractivity contribution in [2.24, 2.45) is 0 Å². The summed E-state index contributed by atoms with van der Waals surface area (Å²) in [6, 6.07) is 11.5. The molecule has 8 nitrogen and oxygen atoms in total. The lowest BCUT2D eigenvalue weighted by Crippen LogP contribution is -2.41. The lowest BCUT2D eigenvalue weighted by Gasteiger charge is -2.27. The molecule has 2 aromatic rings. The fourth-order valence-corrected chi connectivity index (χ4v) is 5.94. The minimum absolute atomic E-state index is 0.148. The zero-order valence-corrected chi connectivity index (χ0v) is 19.6. The summed E-state index contributed by atoms with van der Waals surface area (Å²) in [6.45, 7) is 4.68. The van der Waals surface area contributed by atoms with Crippen LogP contribution in [0, 0.1) is 6.92 Å². The predicted octanol–water partition coefficient (Wildman–Crippen LogP) is 2.89. The van der Waals surface area contributed by atoms with Gasteiger partial charge in [-0.05, 0) is 49.6 Å². The van der Waals surface area contributed by atoms with Gasteiger partial charge in [-0.3, -0.25) is 9.59 Å². The van der Waals surface area contributed by atoms with E-state index in [2.05, 4.69) is 5.32 Å². The van der Waals surface area contributed by atoms with Gasteiger partial charge in [-0.2, -0.15) is 4.31 Å². The third-order valence-electron chi connectivity index (χ3n) is 6.09. The van der Waals surface area contributed by atoms with Gasteiger partial charge in [0.05, 0.1) is 29.4 Å². The Morgan fingerprint density at radius 1 is 0.939 bits per heavy atom. The summed E-state index contributed by atoms with van der Waals surface area (Å²) < 4.78 is 33.2. The zero-order chi connectivity index (χ0) is 23.4. The monoisotopic (exact) mass is 471 g/mol. The van der Waals surface area contributed by atoms with E-state index in [9.17, 15) is 18.0 Å². The van der Waals surface area contributed by atoms with Crippen molar-refractivity contribution in [1.29, 1.82) is 0 Å². The number of benzene rings is 2. The molecule has 0 radical (unpaired) electrons. The number of rotatable bonds is 5. The van der Waals surface area contributed by atoms with E-state index < -0.39 is 15.9 Å². The van der Waals surface area contributed by atoms with E-state index in [1.54, 1.807) is 48.2 Å². The van der Waals surface area contributed by atoms with Gasteiger partial charge in [0, 0.05) is 31.7 Å². The maximum atomic E-state index is 13.2. The lowest BCUT2D eigenvalue weighted by molar-refractivity contribution is 0.0303. The minimum atomic E-state index is -3.68. The summed E-state index contributed by atoms with van der Waals surface area (Å²) >= 11 is 0. The van der Waals surface area contributed by atoms with Crippen molar-refractivity contribution in [3.05, 3.63) is 59.2 Å². The number of hydrogen-bond donors (Lipinski definition) is 1. The zero-order valence-electron chi connectivity index (χ0n) is 18.7. The highest BCUT2D eigenvalue weighted by atomic mass is 32.2. The van der Waals surface area contributed by atoms with Crippen LogP contribution in [-0.4, -0.2) is 68.8 Å². The van der Waals surface area contributed by atoms with Gasteiger partial charge in [0.15, 0.2) is 0 Å². The molecule has 4 rings (SSSR count). The average Bonchev–Trinajstić information content (AvgIpc) is 2.85. The standard InChI is InChI=1S/C24H29N3O5S/c1-18-9-10-19(17-22(18)33(30,31)27-11-5-2-6-12-27)23(28)25-21-8-4-3-7-20(21)24(29)26-13-15-32-16-14-26/h3-4,7-10,17H,2,5-6,11-16H2,1H3,(H,25,28). The fourth-order valence-electron chi connectivity index (χ4n) is 4.17. The molecule has 9 heteroatoms. The maximum Gasteiger partial charge on any atom is 0.256 e. The Morgan fingerprint density at radius 2 is 1.64 bits per heavy atom. The first-order chi connectivity index (χ1) is 15.9. The molecule has 176 valence electrons. The van der Waals surface area contributed by atoms with Crippen LogP contribution in [0.4, 0.5) is 5.69 Å². The smallest absolute Gasteiger partial charge is 0.256 e. The van der Waals surface area contributed by atoms with Crippen molar-refractivity contribution < 1.29 is 22.7 Å². The highest BCUT2D eigenvalue weighted by Crippen LogP contribution is 2.25. The van der Waals surface area contributed by atoms with Crippen LogP contribution in [0.1, 0.15) is 45.5 Å². The number of hydrogen-bond acceptors (Lipinski definition) is 5. The SMILES string of the molecule is Cc1ccc(C(=O)Nc2ccccc2C(=O)N2CCOCC2)cc1S(=O)(=O)N1CCCCC1. The number of sulfonamides is 1. The molecule has 1 N–H and O–H groups in total. The van der Waals surface area contributed by atoms with Gasteiger partial charge < -0.3 is 15.0 Å². The largest absolute Gasteiger partial charge is 0.378 e. The molecule has 0 spiro atoms. The molecular weight excluding hydrogens is 442 g/mol. The molecule has 2 aliphatic heterocycles. The van der Waals surface area contributed by atoms with Crippen molar-refractivity contribution >= 4 is 27.5 Å². The number of aryl methyl sites for hydroxylation is 1. The number of carbonyl (C=O) groups is 2. The molecular formula is C24H29N3O5S. The quantitative estimate of drug-likeness (QED) is 0.723. The number of para-hydroxylation sites is 1. The van der Waals surface area contributed by atoms with Crippen molar-refractivity contribution in [3.63, 3.8) is 0 Å². The van der Waals surface area contributed by atoms with Crippen molar-refractivity contribution in [3.8, 4) is 0 Å². The number of morpholine rings is 1. The summed E-state index contributed by atoms with van der Waals surface area (Å²) in [4.78, 5) is 27.9. The Labute approximate surface area is 194 Å². The number of nitrogens with zero attached hydrogens (tertiary/aromatic N) is 2. The van der Waals surface area contributed by atoms with Crippen LogP contribution in [0.3, 0.4) is 0 Å². The molecule has 0 aromatic heterocycles. The summed E-state index contributed by atoms with van der Waals surface area (Å²) in [5.74, 6) is -0.640. The van der Waals surface area contributed by atoms with Crippen molar-refractivity contribution in [2.45, 2.75) is 31.1 Å².